The van der Waals surface area contributed by atoms with E-state index in [-0.39, 0.29) is 30.6 Å². The van der Waals surface area contributed by atoms with Gasteiger partial charge in [-0.25, -0.2) is 0 Å². The van der Waals surface area contributed by atoms with Gasteiger partial charge in [0, 0.05) is 16.8 Å². The first-order chi connectivity index (χ1) is 17.0. The van der Waals surface area contributed by atoms with Crippen molar-refractivity contribution in [3.63, 3.8) is 0 Å². The highest BCUT2D eigenvalue weighted by atomic mass is 79.9. The van der Waals surface area contributed by atoms with Crippen LogP contribution < -0.4 is 5.73 Å². The van der Waals surface area contributed by atoms with Crippen LogP contribution in [0.5, 0.6) is 5.75 Å². The molecule has 2 unspecified atom stereocenters. The van der Waals surface area contributed by atoms with Gasteiger partial charge in [0.25, 0.3) is 0 Å². The third-order valence-electron chi connectivity index (χ3n) is 7.65. The largest absolute Gasteiger partial charge is 0.507 e. The Morgan fingerprint density at radius 3 is 2.36 bits per heavy atom. The molecule has 0 saturated heterocycles. The number of fused-ring (bicyclic) bond motifs is 3. The average Bonchev–Trinajstić information content (AvgIpc) is 2.81. The Balaban J connectivity index is 1.54. The van der Waals surface area contributed by atoms with Crippen molar-refractivity contribution in [2.45, 2.75) is 24.9 Å². The van der Waals surface area contributed by atoms with Crippen molar-refractivity contribution in [3.05, 3.63) is 63.1 Å². The minimum absolute atomic E-state index is 0.0182. The highest BCUT2D eigenvalue weighted by Gasteiger charge is 2.66. The van der Waals surface area contributed by atoms with Gasteiger partial charge in [-0.2, -0.15) is 0 Å². The number of rotatable bonds is 3. The number of hydrogen-bond acceptors (Lipinski definition) is 7. The van der Waals surface area contributed by atoms with Crippen molar-refractivity contribution in [2.24, 2.45) is 29.4 Å². The second kappa shape index (κ2) is 8.60. The molecule has 0 bridgehead atoms. The Morgan fingerprint density at radius 2 is 1.69 bits per heavy atom. The maximum Gasteiger partial charge on any atom is 0.235 e. The van der Waals surface area contributed by atoms with E-state index >= 15 is 0 Å². The summed E-state index contributed by atoms with van der Waals surface area (Å²) in [4.78, 5) is 64.2. The van der Waals surface area contributed by atoms with Crippen LogP contribution in [0.15, 0.2) is 40.9 Å². The monoisotopic (exact) mass is 551 g/mol. The molecule has 0 spiro atoms. The second-order valence-corrected chi connectivity index (χ2v) is 10.6. The molecule has 2 saturated carbocycles. The molecule has 5 atom stereocenters. The fourth-order valence-corrected chi connectivity index (χ4v) is 6.17. The summed E-state index contributed by atoms with van der Waals surface area (Å²) in [6, 6.07) is 10.7. The quantitative estimate of drug-likeness (QED) is 0.390. The first-order valence-corrected chi connectivity index (χ1v) is 12.3. The third kappa shape index (κ3) is 3.57. The molecule has 3 aliphatic rings. The molecule has 3 aliphatic carbocycles. The fourth-order valence-electron chi connectivity index (χ4n) is 5.91. The predicted molar refractivity (Wildman–Crippen MR) is 132 cm³/mol. The second-order valence-electron chi connectivity index (χ2n) is 9.65. The van der Waals surface area contributed by atoms with Crippen LogP contribution in [0.25, 0.3) is 12.2 Å². The number of aromatic hydroxyl groups is 1. The van der Waals surface area contributed by atoms with Crippen LogP contribution >= 0.6 is 15.9 Å². The zero-order valence-corrected chi connectivity index (χ0v) is 20.5. The summed E-state index contributed by atoms with van der Waals surface area (Å²) in [5.74, 6) is -10.1. The van der Waals surface area contributed by atoms with Crippen molar-refractivity contribution in [1.29, 1.82) is 0 Å². The van der Waals surface area contributed by atoms with E-state index in [0.29, 0.717) is 11.1 Å². The van der Waals surface area contributed by atoms with Crippen molar-refractivity contribution in [3.8, 4) is 5.75 Å². The summed E-state index contributed by atoms with van der Waals surface area (Å²) in [5.41, 5.74) is 4.71. The number of amides is 1. The number of primary amides is 1. The van der Waals surface area contributed by atoms with Gasteiger partial charge in [0.2, 0.25) is 5.91 Å². The van der Waals surface area contributed by atoms with Gasteiger partial charge in [-0.3, -0.25) is 24.0 Å². The number of benzene rings is 2. The van der Waals surface area contributed by atoms with Crippen molar-refractivity contribution >= 4 is 57.1 Å². The summed E-state index contributed by atoms with van der Waals surface area (Å²) in [5, 5.41) is 21.8. The molecular weight excluding hydrogens is 530 g/mol. The number of carbonyl (C=O) groups is 5. The first kappa shape index (κ1) is 24.3. The minimum atomic E-state index is -2.64. The SMILES string of the molecule is NC(=O)C1C(=O)C[C@@H]2C[C@@H]3Cc4c(/C=C/c5ccc(Br)cc5)ccc(O)c4C(=O)C3C(=O)[C@]2(O)C1=O. The van der Waals surface area contributed by atoms with Crippen LogP contribution in [0.2, 0.25) is 0 Å². The maximum absolute atomic E-state index is 13.6. The molecule has 4 N–H and O–H groups in total. The van der Waals surface area contributed by atoms with Crippen molar-refractivity contribution < 1.29 is 34.2 Å². The molecule has 184 valence electrons. The highest BCUT2D eigenvalue weighted by Crippen LogP contribution is 2.50. The van der Waals surface area contributed by atoms with Crippen LogP contribution in [0.3, 0.4) is 0 Å². The normalized spacial score (nSPS) is 29.6. The molecule has 36 heavy (non-hydrogen) atoms. The Morgan fingerprint density at radius 1 is 1.00 bits per heavy atom. The minimum Gasteiger partial charge on any atom is -0.507 e. The van der Waals surface area contributed by atoms with Crippen LogP contribution in [-0.4, -0.2) is 44.9 Å². The maximum atomic E-state index is 13.6. The molecule has 2 fully saturated rings. The highest BCUT2D eigenvalue weighted by molar-refractivity contribution is 9.10. The number of hydrogen-bond donors (Lipinski definition) is 3. The van der Waals surface area contributed by atoms with Crippen molar-refractivity contribution in [2.75, 3.05) is 0 Å². The lowest BCUT2D eigenvalue weighted by atomic mass is 9.53. The number of halogens is 1. The van der Waals surface area contributed by atoms with Gasteiger partial charge in [0.1, 0.15) is 5.75 Å². The topological polar surface area (TPSA) is 152 Å². The molecule has 5 rings (SSSR count). The summed E-state index contributed by atoms with van der Waals surface area (Å²) >= 11 is 3.39. The molecular formula is C27H22BrNO7. The Labute approximate surface area is 214 Å². The van der Waals surface area contributed by atoms with E-state index in [1.807, 2.05) is 36.4 Å². The molecule has 0 radical (unpaired) electrons. The summed E-state index contributed by atoms with van der Waals surface area (Å²) < 4.78 is 0.932. The number of ketones is 4. The van der Waals surface area contributed by atoms with E-state index in [1.165, 1.54) is 6.07 Å². The molecule has 0 aliphatic heterocycles. The predicted octanol–water partition coefficient (Wildman–Crippen LogP) is 2.26. The van der Waals surface area contributed by atoms with Gasteiger partial charge < -0.3 is 15.9 Å². The van der Waals surface area contributed by atoms with Crippen molar-refractivity contribution in [1.82, 2.24) is 0 Å². The molecule has 8 nitrogen and oxygen atoms in total. The van der Waals surface area contributed by atoms with E-state index < -0.39 is 58.3 Å². The summed E-state index contributed by atoms with van der Waals surface area (Å²) in [6.45, 7) is 0. The van der Waals surface area contributed by atoms with E-state index in [2.05, 4.69) is 15.9 Å². The molecule has 2 aromatic carbocycles. The molecule has 9 heteroatoms. The lowest BCUT2D eigenvalue weighted by Gasteiger charge is -2.48. The number of Topliss-reactive ketones (excluding diaryl/α,β-unsaturated/α-hetero) is 4. The number of phenols is 1. The zero-order valence-electron chi connectivity index (χ0n) is 18.9. The first-order valence-electron chi connectivity index (χ1n) is 11.5. The Hall–Kier alpha value is -3.43. The molecule has 0 heterocycles. The standard InChI is InChI=1S/C27H22BrNO7/c28-16-6-2-12(3-7-16)1-4-13-5-8-18(30)21-17(13)10-14-9-15-11-19(31)22(26(29)35)25(34)27(15,36)24(33)20(14)23(21)32/h1-8,14-15,20,22,30,36H,9-11H2,(H2,29,35)/b4-1+/t14-,15+,20?,22?,27+/m1/s1. The number of aliphatic hydroxyl groups is 1. The average molecular weight is 552 g/mol. The molecule has 0 aromatic heterocycles. The summed E-state index contributed by atoms with van der Waals surface area (Å²) in [6.07, 6.45) is 3.62. The lowest BCUT2D eigenvalue weighted by molar-refractivity contribution is -0.175. The van der Waals surface area contributed by atoms with Gasteiger partial charge in [0.05, 0.1) is 11.5 Å². The van der Waals surface area contributed by atoms with Gasteiger partial charge in [-0.15, -0.1) is 0 Å². The Bertz CT molecular complexity index is 1380. The van der Waals surface area contributed by atoms with E-state index in [0.717, 1.165) is 10.0 Å². The number of carbonyl (C=O) groups excluding carboxylic acids is 5. The van der Waals surface area contributed by atoms with Gasteiger partial charge in [-0.05, 0) is 53.6 Å². The van der Waals surface area contributed by atoms with Crippen LogP contribution in [0, 0.1) is 23.7 Å². The molecule has 2 aromatic rings. The Kier molecular flexibility index (Phi) is 5.80. The van der Waals surface area contributed by atoms with Gasteiger partial charge in [0.15, 0.2) is 34.7 Å². The fraction of sp³-hybridized carbons (Fsp3) is 0.296. The van der Waals surface area contributed by atoms with Crippen LogP contribution in [0.4, 0.5) is 0 Å². The zero-order chi connectivity index (χ0) is 25.9. The van der Waals surface area contributed by atoms with Crippen LogP contribution in [-0.2, 0) is 25.6 Å². The summed E-state index contributed by atoms with van der Waals surface area (Å²) in [7, 11) is 0. The van der Waals surface area contributed by atoms with E-state index in [1.54, 1.807) is 6.07 Å². The third-order valence-corrected chi connectivity index (χ3v) is 8.18. The number of nitrogens with two attached hydrogens (primary N) is 1. The smallest absolute Gasteiger partial charge is 0.235 e. The van der Waals surface area contributed by atoms with E-state index in [9.17, 15) is 34.2 Å². The number of phenolic OH excluding ortho intramolecular Hbond substituents is 1. The molecule has 1 amide bonds. The lowest BCUT2D eigenvalue weighted by Crippen LogP contribution is -2.68. The van der Waals surface area contributed by atoms with Crippen LogP contribution in [0.1, 0.15) is 39.9 Å². The van der Waals surface area contributed by atoms with E-state index in [4.69, 9.17) is 5.73 Å². The van der Waals surface area contributed by atoms with Gasteiger partial charge >= 0.3 is 0 Å². The van der Waals surface area contributed by atoms with Gasteiger partial charge in [-0.1, -0.05) is 46.3 Å².